The maximum Gasteiger partial charge on any atom is 0.0573 e. The summed E-state index contributed by atoms with van der Waals surface area (Å²) in [5, 5.41) is 0. The van der Waals surface area contributed by atoms with Gasteiger partial charge in [-0.25, -0.2) is 0 Å². The van der Waals surface area contributed by atoms with E-state index >= 15 is 0 Å². The number of hydrogen-bond donors (Lipinski definition) is 0. The fraction of sp³-hybridized carbons (Fsp3) is 0.0714. The summed E-state index contributed by atoms with van der Waals surface area (Å²) in [7, 11) is 0. The summed E-state index contributed by atoms with van der Waals surface area (Å²) < 4.78 is 0. The Morgan fingerprint density at radius 1 is 1.13 bits per heavy atom. The molecule has 0 saturated heterocycles. The quantitative estimate of drug-likeness (QED) is 0.602. The van der Waals surface area contributed by atoms with Gasteiger partial charge >= 0.3 is 0 Å². The first-order valence-corrected chi connectivity index (χ1v) is 4.99. The molecule has 1 heterocycles. The molecule has 0 aromatic heterocycles. The van der Waals surface area contributed by atoms with Crippen molar-refractivity contribution in [2.45, 2.75) is 0 Å². The van der Waals surface area contributed by atoms with E-state index in [1.807, 2.05) is 42.7 Å². The minimum atomic E-state index is 0.727. The van der Waals surface area contributed by atoms with Gasteiger partial charge in [-0.3, -0.25) is 4.99 Å². The summed E-state index contributed by atoms with van der Waals surface area (Å²) in [5.41, 5.74) is 3.29. The molecule has 1 aliphatic heterocycles. The monoisotopic (exact) mass is 195 g/mol. The molecule has 0 aliphatic carbocycles. The highest BCUT2D eigenvalue weighted by Gasteiger charge is 2.00. The van der Waals surface area contributed by atoms with Crippen LogP contribution >= 0.6 is 0 Å². The number of nitrogens with zero attached hydrogens (tertiary/aromatic N) is 1. The van der Waals surface area contributed by atoms with Crippen LogP contribution in [0, 0.1) is 0 Å². The normalized spacial score (nSPS) is 21.5. The van der Waals surface area contributed by atoms with E-state index in [1.54, 1.807) is 0 Å². The lowest BCUT2D eigenvalue weighted by Gasteiger charge is -2.05. The predicted molar refractivity (Wildman–Crippen MR) is 66.2 cm³/mol. The van der Waals surface area contributed by atoms with E-state index in [9.17, 15) is 0 Å². The van der Waals surface area contributed by atoms with Crippen LogP contribution in [0.2, 0.25) is 0 Å². The van der Waals surface area contributed by atoms with Crippen molar-refractivity contribution in [2.75, 3.05) is 6.54 Å². The van der Waals surface area contributed by atoms with E-state index in [2.05, 4.69) is 23.7 Å². The third kappa shape index (κ3) is 2.32. The molecule has 15 heavy (non-hydrogen) atoms. The lowest BCUT2D eigenvalue weighted by Crippen LogP contribution is -1.91. The molecule has 0 amide bonds. The maximum absolute atomic E-state index is 4.32. The second-order valence-electron chi connectivity index (χ2n) is 3.39. The second-order valence-corrected chi connectivity index (χ2v) is 3.39. The number of fused-ring (bicyclic) bond motifs is 1. The van der Waals surface area contributed by atoms with Crippen LogP contribution in [0.25, 0.3) is 5.57 Å². The molecule has 1 heteroatoms. The largest absolute Gasteiger partial charge is 0.288 e. The molecule has 0 bridgehead atoms. The molecule has 1 aliphatic rings. The molecular formula is C14H13N. The van der Waals surface area contributed by atoms with Crippen LogP contribution in [0.4, 0.5) is 0 Å². The average Bonchev–Trinajstić information content (AvgIpc) is 2.28. The topological polar surface area (TPSA) is 12.4 Å². The van der Waals surface area contributed by atoms with Crippen LogP contribution < -0.4 is 0 Å². The zero-order chi connectivity index (χ0) is 10.5. The van der Waals surface area contributed by atoms with Crippen LogP contribution in [-0.4, -0.2) is 12.8 Å². The highest BCUT2D eigenvalue weighted by Crippen LogP contribution is 2.17. The number of allylic oxidation sites excluding steroid dienone is 4. The third-order valence-electron chi connectivity index (χ3n) is 2.29. The molecule has 2 rings (SSSR count). The summed E-state index contributed by atoms with van der Waals surface area (Å²) in [6.07, 6.45) is 9.95. The van der Waals surface area contributed by atoms with Gasteiger partial charge in [-0.05, 0) is 11.1 Å². The van der Waals surface area contributed by atoms with E-state index in [1.165, 1.54) is 0 Å². The van der Waals surface area contributed by atoms with E-state index < -0.39 is 0 Å². The van der Waals surface area contributed by atoms with Gasteiger partial charge in [0.15, 0.2) is 0 Å². The first-order valence-electron chi connectivity index (χ1n) is 4.99. The standard InChI is InChI=1S/C14H13N/c1-12-7-3-2-6-10-15-11-13-8-4-5-9-14(12)13/h2-9,11H,1,10H2/b6-2-,7-3-,15-11-. The number of rotatable bonds is 0. The van der Waals surface area contributed by atoms with Crippen LogP contribution in [0.5, 0.6) is 0 Å². The van der Waals surface area contributed by atoms with Crippen molar-refractivity contribution in [3.63, 3.8) is 0 Å². The molecular weight excluding hydrogens is 182 g/mol. The smallest absolute Gasteiger partial charge is 0.0573 e. The average molecular weight is 195 g/mol. The van der Waals surface area contributed by atoms with Crippen LogP contribution in [0.15, 0.2) is 60.1 Å². The van der Waals surface area contributed by atoms with Crippen molar-refractivity contribution in [2.24, 2.45) is 4.99 Å². The van der Waals surface area contributed by atoms with Gasteiger partial charge in [-0.2, -0.15) is 0 Å². The summed E-state index contributed by atoms with van der Waals surface area (Å²) in [6, 6.07) is 8.17. The molecule has 0 atom stereocenters. The first kappa shape index (κ1) is 9.66. The van der Waals surface area contributed by atoms with E-state index in [4.69, 9.17) is 0 Å². The lowest BCUT2D eigenvalue weighted by atomic mass is 10.0. The molecule has 1 nitrogen and oxygen atoms in total. The van der Waals surface area contributed by atoms with Gasteiger partial charge < -0.3 is 0 Å². The Labute approximate surface area is 90.2 Å². The van der Waals surface area contributed by atoms with Crippen LogP contribution in [0.3, 0.4) is 0 Å². The van der Waals surface area contributed by atoms with Gasteiger partial charge in [-0.15, -0.1) is 0 Å². The van der Waals surface area contributed by atoms with Crippen LogP contribution in [-0.2, 0) is 0 Å². The Kier molecular flexibility index (Phi) is 2.93. The highest BCUT2D eigenvalue weighted by molar-refractivity contribution is 5.90. The molecule has 0 radical (unpaired) electrons. The Balaban J connectivity index is 2.48. The summed E-state index contributed by atoms with van der Waals surface area (Å²) in [5.74, 6) is 0. The molecule has 0 N–H and O–H groups in total. The van der Waals surface area contributed by atoms with Crippen molar-refractivity contribution in [1.29, 1.82) is 0 Å². The molecule has 0 fully saturated rings. The predicted octanol–water partition coefficient (Wildman–Crippen LogP) is 3.24. The van der Waals surface area contributed by atoms with Gasteiger partial charge in [0.05, 0.1) is 6.54 Å². The maximum atomic E-state index is 4.32. The Morgan fingerprint density at radius 2 is 2.00 bits per heavy atom. The van der Waals surface area contributed by atoms with Crippen molar-refractivity contribution < 1.29 is 0 Å². The van der Waals surface area contributed by atoms with E-state index in [-0.39, 0.29) is 0 Å². The molecule has 1 aromatic rings. The van der Waals surface area contributed by atoms with Crippen molar-refractivity contribution in [1.82, 2.24) is 0 Å². The SMILES string of the molecule is C=C1/C=C\C=C/C/N=C\c2ccccc21. The highest BCUT2D eigenvalue weighted by atomic mass is 14.7. The second kappa shape index (κ2) is 4.56. The van der Waals surface area contributed by atoms with Gasteiger partial charge in [0.1, 0.15) is 0 Å². The molecule has 0 unspecified atom stereocenters. The zero-order valence-corrected chi connectivity index (χ0v) is 8.56. The Hall–Kier alpha value is -1.89. The molecule has 74 valence electrons. The Bertz CT molecular complexity index is 450. The van der Waals surface area contributed by atoms with E-state index in [0.717, 1.165) is 23.2 Å². The number of benzene rings is 1. The van der Waals surface area contributed by atoms with Crippen molar-refractivity contribution in [3.05, 3.63) is 66.3 Å². The van der Waals surface area contributed by atoms with Crippen molar-refractivity contribution >= 4 is 11.8 Å². The van der Waals surface area contributed by atoms with Gasteiger partial charge in [0, 0.05) is 11.8 Å². The summed E-state index contributed by atoms with van der Waals surface area (Å²) in [4.78, 5) is 4.32. The van der Waals surface area contributed by atoms with Gasteiger partial charge in [0.25, 0.3) is 0 Å². The van der Waals surface area contributed by atoms with Crippen molar-refractivity contribution in [3.8, 4) is 0 Å². The first-order chi connectivity index (χ1) is 7.38. The minimum absolute atomic E-state index is 0.727. The van der Waals surface area contributed by atoms with Gasteiger partial charge in [0.2, 0.25) is 0 Å². The fourth-order valence-corrected chi connectivity index (χ4v) is 1.51. The lowest BCUT2D eigenvalue weighted by molar-refractivity contribution is 1.25. The van der Waals surface area contributed by atoms with Gasteiger partial charge in [-0.1, -0.05) is 55.1 Å². The zero-order valence-electron chi connectivity index (χ0n) is 8.56. The van der Waals surface area contributed by atoms with Crippen LogP contribution in [0.1, 0.15) is 11.1 Å². The minimum Gasteiger partial charge on any atom is -0.288 e. The number of aliphatic imine (C=N–C) groups is 1. The molecule has 0 saturated carbocycles. The van der Waals surface area contributed by atoms with E-state index in [0.29, 0.717) is 0 Å². The third-order valence-corrected chi connectivity index (χ3v) is 2.29. The summed E-state index contributed by atoms with van der Waals surface area (Å²) in [6.45, 7) is 4.77. The number of hydrogen-bond acceptors (Lipinski definition) is 1. The summed E-state index contributed by atoms with van der Waals surface area (Å²) >= 11 is 0. The molecule has 1 aromatic carbocycles. The molecule has 0 spiro atoms. The fourth-order valence-electron chi connectivity index (χ4n) is 1.51. The Morgan fingerprint density at radius 3 is 2.93 bits per heavy atom.